The lowest BCUT2D eigenvalue weighted by Gasteiger charge is -2.37. The van der Waals surface area contributed by atoms with Crippen LogP contribution in [0.5, 0.6) is 0 Å². The molecule has 0 spiro atoms. The number of nitrogens with zero attached hydrogens (tertiary/aromatic N) is 1. The monoisotopic (exact) mass is 291 g/mol. The molecule has 2 aliphatic heterocycles. The second-order valence-corrected chi connectivity index (χ2v) is 5.96. The van der Waals surface area contributed by atoms with Gasteiger partial charge < -0.3 is 15.5 Å². The molecule has 2 N–H and O–H groups in total. The second-order valence-electron chi connectivity index (χ2n) is 5.96. The minimum absolute atomic E-state index is 0.200. The molecule has 2 saturated heterocycles. The SMILES string of the molecule is CCN(C(=O)Nc1ccccc1F)C1CC2CCC(C1)N2. The number of fused-ring (bicyclic) bond motifs is 2. The van der Waals surface area contributed by atoms with Crippen molar-refractivity contribution in [3.05, 3.63) is 30.1 Å². The van der Waals surface area contributed by atoms with Crippen LogP contribution in [0.1, 0.15) is 32.6 Å². The highest BCUT2D eigenvalue weighted by Crippen LogP contribution is 2.30. The number of amides is 2. The number of hydrogen-bond donors (Lipinski definition) is 2. The summed E-state index contributed by atoms with van der Waals surface area (Å²) in [6, 6.07) is 7.40. The lowest BCUT2D eigenvalue weighted by molar-refractivity contribution is 0.162. The number of para-hydroxylation sites is 1. The van der Waals surface area contributed by atoms with Gasteiger partial charge in [-0.3, -0.25) is 0 Å². The van der Waals surface area contributed by atoms with Crippen LogP contribution in [0.25, 0.3) is 0 Å². The number of urea groups is 1. The second kappa shape index (κ2) is 6.02. The molecule has 1 aromatic carbocycles. The van der Waals surface area contributed by atoms with Gasteiger partial charge in [-0.2, -0.15) is 0 Å². The van der Waals surface area contributed by atoms with Crippen LogP contribution in [0, 0.1) is 5.82 Å². The van der Waals surface area contributed by atoms with Crippen LogP contribution in [0.4, 0.5) is 14.9 Å². The normalized spacial score (nSPS) is 27.4. The molecular weight excluding hydrogens is 269 g/mol. The fourth-order valence-corrected chi connectivity index (χ4v) is 3.60. The highest BCUT2D eigenvalue weighted by atomic mass is 19.1. The molecule has 4 nitrogen and oxygen atoms in total. The average molecular weight is 291 g/mol. The fourth-order valence-electron chi connectivity index (χ4n) is 3.60. The smallest absolute Gasteiger partial charge is 0.322 e. The van der Waals surface area contributed by atoms with Crippen molar-refractivity contribution in [1.29, 1.82) is 0 Å². The summed E-state index contributed by atoms with van der Waals surface area (Å²) in [5.41, 5.74) is 0.248. The van der Waals surface area contributed by atoms with Gasteiger partial charge in [0.15, 0.2) is 0 Å². The Bertz CT molecular complexity index is 510. The summed E-state index contributed by atoms with van der Waals surface area (Å²) in [5.74, 6) is -0.396. The molecule has 1 aromatic rings. The third kappa shape index (κ3) is 3.02. The molecular formula is C16H22FN3O. The van der Waals surface area contributed by atoms with E-state index in [0.29, 0.717) is 18.6 Å². The van der Waals surface area contributed by atoms with Gasteiger partial charge >= 0.3 is 6.03 Å². The zero-order valence-corrected chi connectivity index (χ0v) is 12.3. The van der Waals surface area contributed by atoms with Crippen LogP contribution < -0.4 is 10.6 Å². The Morgan fingerprint density at radius 2 is 2.00 bits per heavy atom. The highest BCUT2D eigenvalue weighted by Gasteiger charge is 2.37. The van der Waals surface area contributed by atoms with Crippen LogP contribution in [-0.4, -0.2) is 35.6 Å². The van der Waals surface area contributed by atoms with Gasteiger partial charge in [0.05, 0.1) is 5.69 Å². The van der Waals surface area contributed by atoms with Crippen LogP contribution in [-0.2, 0) is 0 Å². The van der Waals surface area contributed by atoms with E-state index >= 15 is 0 Å². The van der Waals surface area contributed by atoms with E-state index in [2.05, 4.69) is 10.6 Å². The number of halogens is 1. The predicted octanol–water partition coefficient (Wildman–Crippen LogP) is 2.96. The summed E-state index contributed by atoms with van der Waals surface area (Å²) in [5, 5.41) is 6.28. The van der Waals surface area contributed by atoms with E-state index in [0.717, 1.165) is 12.8 Å². The molecule has 3 rings (SSSR count). The molecule has 2 unspecified atom stereocenters. The maximum atomic E-state index is 13.7. The highest BCUT2D eigenvalue weighted by molar-refractivity contribution is 5.89. The topological polar surface area (TPSA) is 44.4 Å². The molecule has 2 atom stereocenters. The standard InChI is InChI=1S/C16H22FN3O/c1-2-20(13-9-11-7-8-12(10-13)18-11)16(21)19-15-6-4-3-5-14(15)17/h3-6,11-13,18H,2,7-10H2,1H3,(H,19,21). The van der Waals surface area contributed by atoms with E-state index in [-0.39, 0.29) is 17.8 Å². The van der Waals surface area contributed by atoms with E-state index in [1.165, 1.54) is 18.9 Å². The Morgan fingerprint density at radius 3 is 2.62 bits per heavy atom. The first-order valence-electron chi connectivity index (χ1n) is 7.75. The minimum Gasteiger partial charge on any atom is -0.322 e. The van der Waals surface area contributed by atoms with Crippen molar-refractivity contribution in [3.63, 3.8) is 0 Å². The zero-order chi connectivity index (χ0) is 14.8. The summed E-state index contributed by atoms with van der Waals surface area (Å²) in [4.78, 5) is 14.3. The Labute approximate surface area is 124 Å². The zero-order valence-electron chi connectivity index (χ0n) is 12.3. The lowest BCUT2D eigenvalue weighted by Crippen LogP contribution is -2.51. The molecule has 2 fully saturated rings. The van der Waals surface area contributed by atoms with Gasteiger partial charge in [-0.1, -0.05) is 12.1 Å². The molecule has 0 aliphatic carbocycles. The maximum absolute atomic E-state index is 13.7. The number of carbonyl (C=O) groups is 1. The molecule has 21 heavy (non-hydrogen) atoms. The number of hydrogen-bond acceptors (Lipinski definition) is 2. The minimum atomic E-state index is -0.396. The van der Waals surface area contributed by atoms with Crippen molar-refractivity contribution in [1.82, 2.24) is 10.2 Å². The van der Waals surface area contributed by atoms with Crippen molar-refractivity contribution in [3.8, 4) is 0 Å². The van der Waals surface area contributed by atoms with Gasteiger partial charge in [-0.05, 0) is 44.7 Å². The maximum Gasteiger partial charge on any atom is 0.322 e. The molecule has 0 aromatic heterocycles. The van der Waals surface area contributed by atoms with Crippen molar-refractivity contribution < 1.29 is 9.18 Å². The van der Waals surface area contributed by atoms with Crippen molar-refractivity contribution >= 4 is 11.7 Å². The quantitative estimate of drug-likeness (QED) is 0.899. The molecule has 2 bridgehead atoms. The molecule has 5 heteroatoms. The van der Waals surface area contributed by atoms with Gasteiger partial charge in [-0.15, -0.1) is 0 Å². The molecule has 0 radical (unpaired) electrons. The first-order valence-corrected chi connectivity index (χ1v) is 7.75. The van der Waals surface area contributed by atoms with E-state index in [1.54, 1.807) is 18.2 Å². The summed E-state index contributed by atoms with van der Waals surface area (Å²) >= 11 is 0. The summed E-state index contributed by atoms with van der Waals surface area (Å²) in [7, 11) is 0. The largest absolute Gasteiger partial charge is 0.322 e. The first-order chi connectivity index (χ1) is 10.2. The molecule has 114 valence electrons. The predicted molar refractivity (Wildman–Crippen MR) is 80.8 cm³/mol. The molecule has 0 saturated carbocycles. The van der Waals surface area contributed by atoms with Crippen LogP contribution in [0.3, 0.4) is 0 Å². The summed E-state index contributed by atoms with van der Waals surface area (Å²) < 4.78 is 13.7. The summed E-state index contributed by atoms with van der Waals surface area (Å²) in [6.45, 7) is 2.62. The number of rotatable bonds is 3. The Morgan fingerprint density at radius 1 is 1.33 bits per heavy atom. The van der Waals surface area contributed by atoms with Crippen molar-refractivity contribution in [2.45, 2.75) is 50.7 Å². The number of nitrogens with one attached hydrogen (secondary N) is 2. The number of anilines is 1. The number of benzene rings is 1. The lowest BCUT2D eigenvalue weighted by atomic mass is 9.98. The first kappa shape index (κ1) is 14.3. The Balaban J connectivity index is 1.68. The van der Waals surface area contributed by atoms with Crippen LogP contribution in [0.2, 0.25) is 0 Å². The van der Waals surface area contributed by atoms with Gasteiger partial charge in [-0.25, -0.2) is 9.18 Å². The molecule has 2 heterocycles. The van der Waals surface area contributed by atoms with E-state index in [4.69, 9.17) is 0 Å². The number of piperidine rings is 1. The van der Waals surface area contributed by atoms with E-state index < -0.39 is 5.82 Å². The number of carbonyl (C=O) groups excluding carboxylic acids is 1. The van der Waals surface area contributed by atoms with Gasteiger partial charge in [0.1, 0.15) is 5.82 Å². The average Bonchev–Trinajstić information content (AvgIpc) is 2.81. The van der Waals surface area contributed by atoms with Crippen molar-refractivity contribution in [2.75, 3.05) is 11.9 Å². The third-order valence-corrected chi connectivity index (χ3v) is 4.61. The Kier molecular flexibility index (Phi) is 4.10. The van der Waals surface area contributed by atoms with Crippen LogP contribution in [0.15, 0.2) is 24.3 Å². The van der Waals surface area contributed by atoms with E-state index in [1.807, 2.05) is 11.8 Å². The van der Waals surface area contributed by atoms with Crippen molar-refractivity contribution in [2.24, 2.45) is 0 Å². The van der Waals surface area contributed by atoms with Crippen LogP contribution >= 0.6 is 0 Å². The fraction of sp³-hybridized carbons (Fsp3) is 0.562. The third-order valence-electron chi connectivity index (χ3n) is 4.61. The van der Waals surface area contributed by atoms with Gasteiger partial charge in [0.2, 0.25) is 0 Å². The van der Waals surface area contributed by atoms with E-state index in [9.17, 15) is 9.18 Å². The molecule has 2 amide bonds. The Hall–Kier alpha value is -1.62. The van der Waals surface area contributed by atoms with Gasteiger partial charge in [0, 0.05) is 24.7 Å². The molecule has 2 aliphatic rings. The summed E-state index contributed by atoms with van der Waals surface area (Å²) in [6.07, 6.45) is 4.39. The van der Waals surface area contributed by atoms with Gasteiger partial charge in [0.25, 0.3) is 0 Å².